The van der Waals surface area contributed by atoms with Crippen molar-refractivity contribution in [3.8, 4) is 5.75 Å². The van der Waals surface area contributed by atoms with E-state index < -0.39 is 6.10 Å². The highest BCUT2D eigenvalue weighted by atomic mass is 79.9. The van der Waals surface area contributed by atoms with Crippen LogP contribution in [-0.4, -0.2) is 23.8 Å². The third kappa shape index (κ3) is 2.51. The fourth-order valence-electron chi connectivity index (χ4n) is 1.59. The van der Waals surface area contributed by atoms with Gasteiger partial charge in [-0.25, -0.2) is 0 Å². The van der Waals surface area contributed by atoms with Crippen LogP contribution in [-0.2, 0) is 0 Å². The summed E-state index contributed by atoms with van der Waals surface area (Å²) in [7, 11) is 1.76. The van der Waals surface area contributed by atoms with Gasteiger partial charge in [0.15, 0.2) is 0 Å². The molecule has 0 aliphatic carbocycles. The number of rotatable bonds is 3. The number of aliphatic hydroxyl groups is 1. The zero-order valence-electron chi connectivity index (χ0n) is 9.13. The molecular weight excluding hydrogens is 258 g/mol. The molecule has 1 unspecified atom stereocenters. The summed E-state index contributed by atoms with van der Waals surface area (Å²) >= 11 is 3.41. The Morgan fingerprint density at radius 3 is 2.60 bits per heavy atom. The number of halogens is 1. The molecule has 0 aromatic heterocycles. The molecule has 4 heteroatoms. The molecule has 0 aliphatic rings. The SMILES string of the molecule is CNCC(O)c1c(C)c(Br)cc(C)c1O. The molecule has 1 atom stereocenters. The average molecular weight is 274 g/mol. The first-order chi connectivity index (χ1) is 6.99. The Bertz CT molecular complexity index is 340. The Balaban J connectivity index is 3.26. The lowest BCUT2D eigenvalue weighted by atomic mass is 9.99. The highest BCUT2D eigenvalue weighted by Gasteiger charge is 2.18. The standard InChI is InChI=1S/C11H16BrNO2/c1-6-4-8(12)7(2)10(11(6)15)9(14)5-13-3/h4,9,13-15H,5H2,1-3H3. The van der Waals surface area contributed by atoms with Crippen molar-refractivity contribution in [2.45, 2.75) is 20.0 Å². The Morgan fingerprint density at radius 2 is 2.07 bits per heavy atom. The van der Waals surface area contributed by atoms with E-state index in [4.69, 9.17) is 0 Å². The molecule has 0 bridgehead atoms. The fourth-order valence-corrected chi connectivity index (χ4v) is 2.15. The summed E-state index contributed by atoms with van der Waals surface area (Å²) in [4.78, 5) is 0. The Morgan fingerprint density at radius 1 is 1.47 bits per heavy atom. The van der Waals surface area contributed by atoms with Crippen molar-refractivity contribution < 1.29 is 10.2 Å². The minimum absolute atomic E-state index is 0.179. The summed E-state index contributed by atoms with van der Waals surface area (Å²) in [5, 5.41) is 22.7. The third-order valence-corrected chi connectivity index (χ3v) is 3.29. The van der Waals surface area contributed by atoms with Crippen LogP contribution in [0.1, 0.15) is 22.8 Å². The minimum Gasteiger partial charge on any atom is -0.507 e. The minimum atomic E-state index is -0.689. The smallest absolute Gasteiger partial charge is 0.124 e. The van der Waals surface area contributed by atoms with Crippen LogP contribution in [0.5, 0.6) is 5.75 Å². The Hall–Kier alpha value is -0.580. The topological polar surface area (TPSA) is 52.5 Å². The second-order valence-corrected chi connectivity index (χ2v) is 4.49. The van der Waals surface area contributed by atoms with E-state index in [9.17, 15) is 10.2 Å². The van der Waals surface area contributed by atoms with E-state index in [0.717, 1.165) is 15.6 Å². The summed E-state index contributed by atoms with van der Waals surface area (Å²) in [6.45, 7) is 4.11. The zero-order chi connectivity index (χ0) is 11.6. The van der Waals surface area contributed by atoms with E-state index in [1.54, 1.807) is 7.05 Å². The maximum absolute atomic E-state index is 9.89. The predicted molar refractivity (Wildman–Crippen MR) is 64.2 cm³/mol. The normalized spacial score (nSPS) is 12.9. The van der Waals surface area contributed by atoms with Gasteiger partial charge in [-0.3, -0.25) is 0 Å². The maximum atomic E-state index is 9.89. The fraction of sp³-hybridized carbons (Fsp3) is 0.455. The van der Waals surface area contributed by atoms with Gasteiger partial charge in [0.1, 0.15) is 5.75 Å². The number of phenolic OH excluding ortho intramolecular Hbond substituents is 1. The van der Waals surface area contributed by atoms with Crippen LogP contribution in [0.25, 0.3) is 0 Å². The van der Waals surface area contributed by atoms with Crippen molar-refractivity contribution >= 4 is 15.9 Å². The quantitative estimate of drug-likeness (QED) is 0.790. The van der Waals surface area contributed by atoms with Gasteiger partial charge in [0.05, 0.1) is 6.10 Å². The highest BCUT2D eigenvalue weighted by molar-refractivity contribution is 9.10. The van der Waals surface area contributed by atoms with Crippen LogP contribution in [0.2, 0.25) is 0 Å². The summed E-state index contributed by atoms with van der Waals surface area (Å²) in [5.41, 5.74) is 2.23. The molecule has 0 spiro atoms. The van der Waals surface area contributed by atoms with Crippen molar-refractivity contribution in [2.75, 3.05) is 13.6 Å². The van der Waals surface area contributed by atoms with Gasteiger partial charge in [0.25, 0.3) is 0 Å². The average Bonchev–Trinajstić information content (AvgIpc) is 2.16. The van der Waals surface area contributed by atoms with Crippen LogP contribution in [0.4, 0.5) is 0 Å². The Labute approximate surface area is 98.3 Å². The van der Waals surface area contributed by atoms with Crippen molar-refractivity contribution in [1.82, 2.24) is 5.32 Å². The van der Waals surface area contributed by atoms with Gasteiger partial charge in [-0.1, -0.05) is 15.9 Å². The molecule has 0 amide bonds. The van der Waals surface area contributed by atoms with Crippen LogP contribution in [0.3, 0.4) is 0 Å². The molecule has 0 fully saturated rings. The van der Waals surface area contributed by atoms with Crippen LogP contribution in [0, 0.1) is 13.8 Å². The van der Waals surface area contributed by atoms with Gasteiger partial charge in [-0.05, 0) is 38.1 Å². The van der Waals surface area contributed by atoms with Crippen molar-refractivity contribution in [3.05, 3.63) is 27.2 Å². The van der Waals surface area contributed by atoms with Crippen molar-refractivity contribution in [3.63, 3.8) is 0 Å². The molecule has 3 N–H and O–H groups in total. The van der Waals surface area contributed by atoms with Gasteiger partial charge < -0.3 is 15.5 Å². The number of aromatic hydroxyl groups is 1. The molecule has 15 heavy (non-hydrogen) atoms. The van der Waals surface area contributed by atoms with E-state index in [0.29, 0.717) is 12.1 Å². The first-order valence-electron chi connectivity index (χ1n) is 4.80. The summed E-state index contributed by atoms with van der Waals surface area (Å²) < 4.78 is 0.906. The number of nitrogens with one attached hydrogen (secondary N) is 1. The molecule has 3 nitrogen and oxygen atoms in total. The molecule has 1 rings (SSSR count). The lowest BCUT2D eigenvalue weighted by molar-refractivity contribution is 0.173. The summed E-state index contributed by atoms with van der Waals surface area (Å²) in [6.07, 6.45) is -0.689. The van der Waals surface area contributed by atoms with Crippen molar-refractivity contribution in [1.29, 1.82) is 0 Å². The van der Waals surface area contributed by atoms with E-state index in [1.165, 1.54) is 0 Å². The molecule has 0 aliphatic heterocycles. The Kier molecular flexibility index (Phi) is 4.13. The molecule has 1 aromatic rings. The van der Waals surface area contributed by atoms with Crippen LogP contribution < -0.4 is 5.32 Å². The number of phenols is 1. The number of hydrogen-bond donors (Lipinski definition) is 3. The summed E-state index contributed by atoms with van der Waals surface area (Å²) in [5.74, 6) is 0.179. The van der Waals surface area contributed by atoms with E-state index in [2.05, 4.69) is 21.2 Å². The first kappa shape index (κ1) is 12.5. The predicted octanol–water partition coefficient (Wildman–Crippen LogP) is 2.02. The molecule has 84 valence electrons. The van der Waals surface area contributed by atoms with Gasteiger partial charge in [-0.15, -0.1) is 0 Å². The second-order valence-electron chi connectivity index (χ2n) is 3.64. The molecule has 1 aromatic carbocycles. The first-order valence-corrected chi connectivity index (χ1v) is 5.59. The zero-order valence-corrected chi connectivity index (χ0v) is 10.7. The number of hydrogen-bond acceptors (Lipinski definition) is 3. The molecular formula is C11H16BrNO2. The second kappa shape index (κ2) is 4.96. The molecule has 0 saturated carbocycles. The molecule has 0 saturated heterocycles. The van der Waals surface area contributed by atoms with Crippen molar-refractivity contribution in [2.24, 2.45) is 0 Å². The lowest BCUT2D eigenvalue weighted by Crippen LogP contribution is -2.18. The monoisotopic (exact) mass is 273 g/mol. The van der Waals surface area contributed by atoms with Crippen LogP contribution in [0.15, 0.2) is 10.5 Å². The largest absolute Gasteiger partial charge is 0.507 e. The number of aliphatic hydroxyl groups excluding tert-OH is 1. The number of aryl methyl sites for hydroxylation is 1. The number of likely N-dealkylation sites (N-methyl/N-ethyl adjacent to an activating group) is 1. The van der Waals surface area contributed by atoms with Gasteiger partial charge in [0.2, 0.25) is 0 Å². The molecule has 0 radical (unpaired) electrons. The van der Waals surface area contributed by atoms with E-state index >= 15 is 0 Å². The third-order valence-electron chi connectivity index (χ3n) is 2.46. The maximum Gasteiger partial charge on any atom is 0.124 e. The lowest BCUT2D eigenvalue weighted by Gasteiger charge is -2.17. The molecule has 0 heterocycles. The van der Waals surface area contributed by atoms with Gasteiger partial charge in [-0.2, -0.15) is 0 Å². The van der Waals surface area contributed by atoms with E-state index in [-0.39, 0.29) is 5.75 Å². The van der Waals surface area contributed by atoms with Crippen LogP contribution >= 0.6 is 15.9 Å². The highest BCUT2D eigenvalue weighted by Crippen LogP contribution is 2.35. The number of benzene rings is 1. The van der Waals surface area contributed by atoms with E-state index in [1.807, 2.05) is 19.9 Å². The van der Waals surface area contributed by atoms with Gasteiger partial charge in [0, 0.05) is 16.6 Å². The summed E-state index contributed by atoms with van der Waals surface area (Å²) in [6, 6.07) is 1.85. The van der Waals surface area contributed by atoms with Gasteiger partial charge >= 0.3 is 0 Å².